The minimum atomic E-state index is -0.201. The summed E-state index contributed by atoms with van der Waals surface area (Å²) < 4.78 is 0. The van der Waals surface area contributed by atoms with E-state index in [0.29, 0.717) is 12.0 Å². The first kappa shape index (κ1) is 14.1. The number of carbonyl (C=O) groups is 1. The third-order valence-corrected chi connectivity index (χ3v) is 4.69. The van der Waals surface area contributed by atoms with Gasteiger partial charge in [0.1, 0.15) is 11.7 Å². The zero-order valence-corrected chi connectivity index (χ0v) is 13.3. The van der Waals surface area contributed by atoms with Crippen molar-refractivity contribution in [2.24, 2.45) is 5.92 Å². The van der Waals surface area contributed by atoms with Crippen LogP contribution in [0, 0.1) is 12.8 Å². The van der Waals surface area contributed by atoms with Crippen molar-refractivity contribution in [2.75, 3.05) is 29.2 Å². The van der Waals surface area contributed by atoms with Crippen molar-refractivity contribution in [3.8, 4) is 0 Å². The van der Waals surface area contributed by atoms with E-state index < -0.39 is 0 Å². The van der Waals surface area contributed by atoms with Crippen LogP contribution in [0.2, 0.25) is 0 Å². The number of nitrogens with zero attached hydrogens (tertiary/aromatic N) is 4. The lowest BCUT2D eigenvalue weighted by atomic mass is 9.82. The van der Waals surface area contributed by atoms with Crippen molar-refractivity contribution >= 4 is 23.4 Å². The van der Waals surface area contributed by atoms with Gasteiger partial charge in [-0.1, -0.05) is 6.92 Å². The smallest absolute Gasteiger partial charge is 0.249 e. The average Bonchev–Trinajstić information content (AvgIpc) is 2.40. The maximum atomic E-state index is 12.2. The molecule has 1 N–H and O–H groups in total. The molecule has 21 heavy (non-hydrogen) atoms. The molecule has 0 radical (unpaired) electrons. The first-order chi connectivity index (χ1) is 9.88. The number of amides is 1. The Bertz CT molecular complexity index is 582. The SMILES string of the molecule is Cc1nc(NC2CC(C)C2)nc2c1N(C)C(=O)[C@H](C)N2C. The van der Waals surface area contributed by atoms with Crippen molar-refractivity contribution in [3.05, 3.63) is 5.69 Å². The zero-order valence-electron chi connectivity index (χ0n) is 13.3. The van der Waals surface area contributed by atoms with Gasteiger partial charge in [0.05, 0.1) is 5.69 Å². The molecule has 0 saturated heterocycles. The molecule has 1 aliphatic carbocycles. The van der Waals surface area contributed by atoms with Crippen LogP contribution in [0.1, 0.15) is 32.4 Å². The number of aromatic nitrogens is 2. The molecule has 6 heteroatoms. The molecule has 0 spiro atoms. The summed E-state index contributed by atoms with van der Waals surface area (Å²) in [5.74, 6) is 2.36. The molecule has 0 aromatic carbocycles. The summed E-state index contributed by atoms with van der Waals surface area (Å²) in [4.78, 5) is 25.0. The second-order valence-corrected chi connectivity index (χ2v) is 6.41. The molecule has 0 unspecified atom stereocenters. The van der Waals surface area contributed by atoms with E-state index in [-0.39, 0.29) is 11.9 Å². The lowest BCUT2D eigenvalue weighted by molar-refractivity contribution is -0.119. The Morgan fingerprint density at radius 3 is 2.48 bits per heavy atom. The Balaban J connectivity index is 1.94. The average molecular weight is 289 g/mol. The maximum Gasteiger partial charge on any atom is 0.249 e. The lowest BCUT2D eigenvalue weighted by Gasteiger charge is -2.38. The summed E-state index contributed by atoms with van der Waals surface area (Å²) in [7, 11) is 3.71. The lowest BCUT2D eigenvalue weighted by Crippen LogP contribution is -2.50. The molecule has 3 rings (SSSR count). The van der Waals surface area contributed by atoms with E-state index >= 15 is 0 Å². The van der Waals surface area contributed by atoms with Crippen molar-refractivity contribution in [2.45, 2.75) is 45.7 Å². The van der Waals surface area contributed by atoms with E-state index in [4.69, 9.17) is 0 Å². The van der Waals surface area contributed by atoms with Gasteiger partial charge in [-0.3, -0.25) is 4.79 Å². The summed E-state index contributed by atoms with van der Waals surface area (Å²) in [6.07, 6.45) is 2.34. The van der Waals surface area contributed by atoms with Crippen LogP contribution in [-0.4, -0.2) is 42.1 Å². The number of likely N-dealkylation sites (N-methyl/N-ethyl adjacent to an activating group) is 2. The van der Waals surface area contributed by atoms with Crippen LogP contribution in [0.4, 0.5) is 17.5 Å². The molecule has 1 fully saturated rings. The summed E-state index contributed by atoms with van der Waals surface area (Å²) >= 11 is 0. The predicted molar refractivity (Wildman–Crippen MR) is 83.9 cm³/mol. The minimum absolute atomic E-state index is 0.0743. The van der Waals surface area contributed by atoms with Crippen molar-refractivity contribution in [1.29, 1.82) is 0 Å². The normalized spacial score (nSPS) is 28.2. The number of rotatable bonds is 2. The van der Waals surface area contributed by atoms with Crippen LogP contribution in [0.3, 0.4) is 0 Å². The maximum absolute atomic E-state index is 12.2. The topological polar surface area (TPSA) is 61.4 Å². The van der Waals surface area contributed by atoms with Crippen LogP contribution in [-0.2, 0) is 4.79 Å². The molecule has 1 atom stereocenters. The van der Waals surface area contributed by atoms with Gasteiger partial charge >= 0.3 is 0 Å². The van der Waals surface area contributed by atoms with E-state index in [1.54, 1.807) is 11.9 Å². The van der Waals surface area contributed by atoms with Gasteiger partial charge in [-0.2, -0.15) is 4.98 Å². The largest absolute Gasteiger partial charge is 0.351 e. The predicted octanol–water partition coefficient (Wildman–Crippen LogP) is 1.80. The highest BCUT2D eigenvalue weighted by Gasteiger charge is 2.35. The van der Waals surface area contributed by atoms with Gasteiger partial charge in [-0.15, -0.1) is 0 Å². The quantitative estimate of drug-likeness (QED) is 0.899. The summed E-state index contributed by atoms with van der Waals surface area (Å²) in [5.41, 5.74) is 1.65. The van der Waals surface area contributed by atoms with Gasteiger partial charge in [0.25, 0.3) is 0 Å². The van der Waals surface area contributed by atoms with Crippen LogP contribution >= 0.6 is 0 Å². The molecule has 1 aromatic rings. The summed E-state index contributed by atoms with van der Waals surface area (Å²) in [6.45, 7) is 6.09. The fourth-order valence-electron chi connectivity index (χ4n) is 3.20. The number of fused-ring (bicyclic) bond motifs is 1. The molecule has 0 bridgehead atoms. The Hall–Kier alpha value is -1.85. The van der Waals surface area contributed by atoms with Gasteiger partial charge < -0.3 is 15.1 Å². The van der Waals surface area contributed by atoms with Gasteiger partial charge in [0.2, 0.25) is 11.9 Å². The molecule has 1 aromatic heterocycles. The van der Waals surface area contributed by atoms with E-state index in [1.165, 1.54) is 12.8 Å². The monoisotopic (exact) mass is 289 g/mol. The van der Waals surface area contributed by atoms with E-state index in [1.807, 2.05) is 25.8 Å². The Labute approximate surface area is 125 Å². The fraction of sp³-hybridized carbons (Fsp3) is 0.667. The van der Waals surface area contributed by atoms with Crippen molar-refractivity contribution in [1.82, 2.24) is 9.97 Å². The molecule has 1 aliphatic heterocycles. The van der Waals surface area contributed by atoms with Crippen LogP contribution in [0.25, 0.3) is 0 Å². The van der Waals surface area contributed by atoms with Gasteiger partial charge in [0, 0.05) is 20.1 Å². The molecule has 1 saturated carbocycles. The zero-order chi connectivity index (χ0) is 15.3. The Morgan fingerprint density at radius 1 is 1.19 bits per heavy atom. The molecule has 114 valence electrons. The molecule has 2 heterocycles. The molecule has 2 aliphatic rings. The van der Waals surface area contributed by atoms with Gasteiger partial charge in [0.15, 0.2) is 5.82 Å². The van der Waals surface area contributed by atoms with E-state index in [2.05, 4.69) is 22.2 Å². The number of nitrogens with one attached hydrogen (secondary N) is 1. The van der Waals surface area contributed by atoms with Gasteiger partial charge in [-0.25, -0.2) is 4.98 Å². The number of hydrogen-bond donors (Lipinski definition) is 1. The number of hydrogen-bond acceptors (Lipinski definition) is 5. The van der Waals surface area contributed by atoms with Gasteiger partial charge in [-0.05, 0) is 32.6 Å². The highest BCUT2D eigenvalue weighted by Crippen LogP contribution is 2.36. The molecule has 6 nitrogen and oxygen atoms in total. The second-order valence-electron chi connectivity index (χ2n) is 6.41. The second kappa shape index (κ2) is 4.86. The number of carbonyl (C=O) groups excluding carboxylic acids is 1. The standard InChI is InChI=1S/C15H23N5O/c1-8-6-11(7-8)17-15-16-9(2)12-13(18-15)19(4)10(3)14(21)20(12)5/h8,10-11H,6-7H2,1-5H3,(H,16,17,18)/t8?,10-,11?/m0/s1. The van der Waals surface area contributed by atoms with E-state index in [0.717, 1.165) is 23.1 Å². The minimum Gasteiger partial charge on any atom is -0.351 e. The third kappa shape index (κ3) is 2.22. The first-order valence-corrected chi connectivity index (χ1v) is 7.54. The first-order valence-electron chi connectivity index (χ1n) is 7.54. The third-order valence-electron chi connectivity index (χ3n) is 4.69. The summed E-state index contributed by atoms with van der Waals surface area (Å²) in [6, 6.07) is 0.275. The highest BCUT2D eigenvalue weighted by atomic mass is 16.2. The fourth-order valence-corrected chi connectivity index (χ4v) is 3.20. The van der Waals surface area contributed by atoms with Crippen LogP contribution in [0.5, 0.6) is 0 Å². The molecular weight excluding hydrogens is 266 g/mol. The number of anilines is 3. The molecule has 1 amide bonds. The Kier molecular flexibility index (Phi) is 3.26. The Morgan fingerprint density at radius 2 is 1.86 bits per heavy atom. The molecular formula is C15H23N5O. The van der Waals surface area contributed by atoms with Crippen molar-refractivity contribution in [3.63, 3.8) is 0 Å². The van der Waals surface area contributed by atoms with Crippen LogP contribution in [0.15, 0.2) is 0 Å². The van der Waals surface area contributed by atoms with E-state index in [9.17, 15) is 4.79 Å². The number of aryl methyl sites for hydroxylation is 1. The summed E-state index contributed by atoms with van der Waals surface area (Å²) in [5, 5.41) is 3.41. The highest BCUT2D eigenvalue weighted by molar-refractivity contribution is 6.04. The van der Waals surface area contributed by atoms with Crippen LogP contribution < -0.4 is 15.1 Å². The van der Waals surface area contributed by atoms with Crippen molar-refractivity contribution < 1.29 is 4.79 Å².